The number of fused-ring (bicyclic) bond motifs is 3. The molecule has 0 bridgehead atoms. The third-order valence-corrected chi connectivity index (χ3v) is 5.82. The van der Waals surface area contributed by atoms with Crippen LogP contribution in [0.1, 0.15) is 35.4 Å². The summed E-state index contributed by atoms with van der Waals surface area (Å²) in [6.07, 6.45) is 0.357. The van der Waals surface area contributed by atoms with Gasteiger partial charge in [-0.2, -0.15) is 5.10 Å². The van der Waals surface area contributed by atoms with Gasteiger partial charge in [-0.15, -0.1) is 0 Å². The molecule has 6 heteroatoms. The second-order valence-electron chi connectivity index (χ2n) is 6.84. The number of benzene rings is 3. The molecule has 0 spiro atoms. The standard InChI is InChI=1S/C22H15Cl3N2O/c23-15-8-6-14(7-9-15)22-27-20(12-19(26-27)13-4-2-1-3-5-13)17-10-16(24)11-18(25)21(17)28-22/h1-11,20,22H,12H2/t20-,22-/m0/s1. The lowest BCUT2D eigenvalue weighted by Gasteiger charge is -2.38. The summed E-state index contributed by atoms with van der Waals surface area (Å²) in [6, 6.07) is 21.4. The highest BCUT2D eigenvalue weighted by atomic mass is 35.5. The normalized spacial score (nSPS) is 20.2. The van der Waals surface area contributed by atoms with E-state index in [1.165, 1.54) is 0 Å². The van der Waals surface area contributed by atoms with E-state index in [9.17, 15) is 0 Å². The Morgan fingerprint density at radius 3 is 2.39 bits per heavy atom. The first kappa shape index (κ1) is 17.9. The van der Waals surface area contributed by atoms with Crippen molar-refractivity contribution in [3.63, 3.8) is 0 Å². The molecule has 0 saturated carbocycles. The van der Waals surface area contributed by atoms with Crippen molar-refractivity contribution in [2.45, 2.75) is 18.7 Å². The highest BCUT2D eigenvalue weighted by Gasteiger charge is 2.42. The molecular weight excluding hydrogens is 415 g/mol. The van der Waals surface area contributed by atoms with Gasteiger partial charge >= 0.3 is 0 Å². The maximum Gasteiger partial charge on any atom is 0.213 e. The average molecular weight is 430 g/mol. The van der Waals surface area contributed by atoms with Gasteiger partial charge in [0, 0.05) is 27.6 Å². The first-order valence-corrected chi connectivity index (χ1v) is 10.1. The van der Waals surface area contributed by atoms with E-state index in [1.807, 2.05) is 53.5 Å². The zero-order chi connectivity index (χ0) is 19.3. The third kappa shape index (κ3) is 3.04. The van der Waals surface area contributed by atoms with Crippen molar-refractivity contribution < 1.29 is 4.74 Å². The lowest BCUT2D eigenvalue weighted by Crippen LogP contribution is -2.33. The second-order valence-corrected chi connectivity index (χ2v) is 8.12. The van der Waals surface area contributed by atoms with Crippen LogP contribution in [-0.2, 0) is 0 Å². The first-order valence-electron chi connectivity index (χ1n) is 8.92. The summed E-state index contributed by atoms with van der Waals surface area (Å²) in [6.45, 7) is 0. The maximum absolute atomic E-state index is 6.48. The Bertz CT molecular complexity index is 1070. The highest BCUT2D eigenvalue weighted by Crippen LogP contribution is 2.50. The topological polar surface area (TPSA) is 24.8 Å². The number of nitrogens with zero attached hydrogens (tertiary/aromatic N) is 2. The van der Waals surface area contributed by atoms with Gasteiger partial charge in [-0.3, -0.25) is 0 Å². The molecule has 0 radical (unpaired) electrons. The van der Waals surface area contributed by atoms with E-state index in [2.05, 4.69) is 12.1 Å². The summed E-state index contributed by atoms with van der Waals surface area (Å²) in [4.78, 5) is 0. The predicted octanol–water partition coefficient (Wildman–Crippen LogP) is 6.89. The number of hydrogen-bond donors (Lipinski definition) is 0. The monoisotopic (exact) mass is 428 g/mol. The van der Waals surface area contributed by atoms with Crippen LogP contribution >= 0.6 is 34.8 Å². The fourth-order valence-corrected chi connectivity index (χ4v) is 4.45. The summed E-state index contributed by atoms with van der Waals surface area (Å²) >= 11 is 18.8. The van der Waals surface area contributed by atoms with E-state index in [-0.39, 0.29) is 6.04 Å². The molecule has 3 aromatic rings. The largest absolute Gasteiger partial charge is 0.463 e. The van der Waals surface area contributed by atoms with Crippen LogP contribution in [0.15, 0.2) is 71.8 Å². The molecule has 2 aliphatic heterocycles. The van der Waals surface area contributed by atoms with E-state index < -0.39 is 6.23 Å². The van der Waals surface area contributed by atoms with E-state index in [1.54, 1.807) is 6.07 Å². The van der Waals surface area contributed by atoms with Gasteiger partial charge in [-0.1, -0.05) is 77.3 Å². The molecule has 0 amide bonds. The molecule has 0 unspecified atom stereocenters. The Morgan fingerprint density at radius 1 is 0.893 bits per heavy atom. The third-order valence-electron chi connectivity index (χ3n) is 5.07. The summed E-state index contributed by atoms with van der Waals surface area (Å²) in [5.41, 5.74) is 4.03. The lowest BCUT2D eigenvalue weighted by atomic mass is 9.96. The Hall–Kier alpha value is -2.20. The van der Waals surface area contributed by atoms with Crippen LogP contribution in [0.25, 0.3) is 0 Å². The van der Waals surface area contributed by atoms with Crippen molar-refractivity contribution in [2.75, 3.05) is 0 Å². The van der Waals surface area contributed by atoms with Gasteiger partial charge in [0.1, 0.15) is 5.75 Å². The van der Waals surface area contributed by atoms with Gasteiger partial charge in [-0.25, -0.2) is 5.01 Å². The minimum Gasteiger partial charge on any atom is -0.463 e. The lowest BCUT2D eigenvalue weighted by molar-refractivity contribution is -0.0189. The van der Waals surface area contributed by atoms with Gasteiger partial charge in [-0.05, 0) is 29.8 Å². The predicted molar refractivity (Wildman–Crippen MR) is 113 cm³/mol. The molecule has 2 atom stereocenters. The number of hydrogen-bond acceptors (Lipinski definition) is 3. The molecule has 3 aromatic carbocycles. The highest BCUT2D eigenvalue weighted by molar-refractivity contribution is 6.35. The Kier molecular flexibility index (Phi) is 4.47. The molecule has 140 valence electrons. The molecule has 0 fully saturated rings. The molecule has 28 heavy (non-hydrogen) atoms. The van der Waals surface area contributed by atoms with Crippen LogP contribution in [0.5, 0.6) is 5.75 Å². The van der Waals surface area contributed by atoms with Crippen molar-refractivity contribution in [2.24, 2.45) is 5.10 Å². The summed E-state index contributed by atoms with van der Waals surface area (Å²) < 4.78 is 6.33. The Labute approximate surface area is 178 Å². The number of halogens is 3. The first-order chi connectivity index (χ1) is 13.6. The van der Waals surface area contributed by atoms with Crippen LogP contribution in [0.3, 0.4) is 0 Å². The molecule has 3 nitrogen and oxygen atoms in total. The zero-order valence-corrected chi connectivity index (χ0v) is 16.9. The van der Waals surface area contributed by atoms with Crippen LogP contribution in [0.4, 0.5) is 0 Å². The van der Waals surface area contributed by atoms with E-state index in [4.69, 9.17) is 44.6 Å². The van der Waals surface area contributed by atoms with Gasteiger partial charge in [0.25, 0.3) is 0 Å². The second kappa shape index (κ2) is 7.00. The van der Waals surface area contributed by atoms with Crippen LogP contribution in [0.2, 0.25) is 15.1 Å². The fourth-order valence-electron chi connectivity index (χ4n) is 3.77. The van der Waals surface area contributed by atoms with Gasteiger partial charge < -0.3 is 4.74 Å². The number of ether oxygens (including phenoxy) is 1. The Balaban J connectivity index is 1.63. The molecule has 2 aliphatic rings. The average Bonchev–Trinajstić information content (AvgIpc) is 3.15. The molecule has 0 N–H and O–H groups in total. The minimum absolute atomic E-state index is 0.00386. The van der Waals surface area contributed by atoms with Gasteiger partial charge in [0.05, 0.1) is 16.8 Å². The maximum atomic E-state index is 6.48. The van der Waals surface area contributed by atoms with Crippen LogP contribution in [0, 0.1) is 0 Å². The van der Waals surface area contributed by atoms with Crippen LogP contribution in [-0.4, -0.2) is 10.7 Å². The fraction of sp³-hybridized carbons (Fsp3) is 0.136. The molecule has 0 saturated heterocycles. The van der Waals surface area contributed by atoms with E-state index in [0.717, 1.165) is 28.8 Å². The smallest absolute Gasteiger partial charge is 0.213 e. The zero-order valence-electron chi connectivity index (χ0n) is 14.6. The molecular formula is C22H15Cl3N2O. The molecule has 5 rings (SSSR count). The van der Waals surface area contributed by atoms with Crippen molar-refractivity contribution in [3.8, 4) is 5.75 Å². The summed E-state index contributed by atoms with van der Waals surface area (Å²) in [5, 5.41) is 8.70. The van der Waals surface area contributed by atoms with Crippen LogP contribution < -0.4 is 4.74 Å². The van der Waals surface area contributed by atoms with E-state index >= 15 is 0 Å². The van der Waals surface area contributed by atoms with E-state index in [0.29, 0.717) is 20.8 Å². The number of hydrazone groups is 1. The van der Waals surface area contributed by atoms with Crippen molar-refractivity contribution >= 4 is 40.5 Å². The van der Waals surface area contributed by atoms with Crippen molar-refractivity contribution in [3.05, 3.63) is 98.5 Å². The SMILES string of the molecule is Clc1ccc([C@@H]2Oc3c(Cl)cc(Cl)cc3[C@@H]3CC(c4ccccc4)=NN32)cc1. The van der Waals surface area contributed by atoms with Gasteiger partial charge in [0.2, 0.25) is 6.23 Å². The molecule has 0 aliphatic carbocycles. The Morgan fingerprint density at radius 2 is 1.64 bits per heavy atom. The summed E-state index contributed by atoms with van der Waals surface area (Å²) in [7, 11) is 0. The molecule has 0 aromatic heterocycles. The minimum atomic E-state index is -0.394. The van der Waals surface area contributed by atoms with Crippen molar-refractivity contribution in [1.82, 2.24) is 5.01 Å². The number of rotatable bonds is 2. The molecule has 2 heterocycles. The van der Waals surface area contributed by atoms with Gasteiger partial charge in [0.15, 0.2) is 0 Å². The summed E-state index contributed by atoms with van der Waals surface area (Å²) in [5.74, 6) is 0.664. The van der Waals surface area contributed by atoms with Crippen molar-refractivity contribution in [1.29, 1.82) is 0 Å². The quantitative estimate of drug-likeness (QED) is 0.443.